The van der Waals surface area contributed by atoms with Crippen molar-refractivity contribution in [2.24, 2.45) is 5.92 Å². The van der Waals surface area contributed by atoms with Crippen LogP contribution in [0.4, 0.5) is 0 Å². The molecule has 5 nitrogen and oxygen atoms in total. The summed E-state index contributed by atoms with van der Waals surface area (Å²) in [6.45, 7) is 9.98. The van der Waals surface area contributed by atoms with Gasteiger partial charge in [-0.3, -0.25) is 4.79 Å². The summed E-state index contributed by atoms with van der Waals surface area (Å²) in [4.78, 5) is 27.7. The summed E-state index contributed by atoms with van der Waals surface area (Å²) in [5, 5.41) is 0. The first kappa shape index (κ1) is 42.1. The second-order valence-electron chi connectivity index (χ2n) is 13.5. The second-order valence-corrected chi connectivity index (χ2v) is 13.5. The minimum Gasteiger partial charge on any atom is -0.466 e. The monoisotopic (exact) mass is 609 g/mol. The quantitative estimate of drug-likeness (QED) is 0.0407. The molecule has 0 aromatic carbocycles. The van der Waals surface area contributed by atoms with Crippen LogP contribution in [0.2, 0.25) is 0 Å². The van der Waals surface area contributed by atoms with Gasteiger partial charge in [0.25, 0.3) is 0 Å². The summed E-state index contributed by atoms with van der Waals surface area (Å²) in [5.41, 5.74) is 0. The lowest BCUT2D eigenvalue weighted by Gasteiger charge is -2.23. The minimum absolute atomic E-state index is 0.0116. The Labute approximate surface area is 269 Å². The molecule has 0 rings (SSSR count). The Balaban J connectivity index is 4.01. The first-order valence-corrected chi connectivity index (χ1v) is 19.0. The zero-order valence-electron chi connectivity index (χ0n) is 29.7. The van der Waals surface area contributed by atoms with E-state index in [0.29, 0.717) is 13.0 Å². The molecule has 256 valence electrons. The molecule has 0 aliphatic heterocycles. The number of unbranched alkanes of at least 4 members (excludes halogenated alkanes) is 16. The molecule has 0 saturated heterocycles. The number of ether oxygens (including phenoxy) is 1. The Morgan fingerprint density at radius 2 is 1.05 bits per heavy atom. The third kappa shape index (κ3) is 32.3. The average Bonchev–Trinajstić information content (AvgIpc) is 2.99. The highest BCUT2D eigenvalue weighted by atomic mass is 16.5. The highest BCUT2D eigenvalue weighted by Gasteiger charge is 2.10. The summed E-state index contributed by atoms with van der Waals surface area (Å²) in [5.74, 6) is 0.832. The molecule has 0 aliphatic rings. The van der Waals surface area contributed by atoms with Gasteiger partial charge >= 0.3 is 5.97 Å². The van der Waals surface area contributed by atoms with E-state index < -0.39 is 0 Å². The van der Waals surface area contributed by atoms with Crippen molar-refractivity contribution in [3.05, 3.63) is 0 Å². The van der Waals surface area contributed by atoms with Crippen molar-refractivity contribution in [3.8, 4) is 0 Å². The van der Waals surface area contributed by atoms with Crippen molar-refractivity contribution in [3.63, 3.8) is 0 Å². The number of carbonyl (C=O) groups excluding carboxylic acids is 2. The normalized spacial score (nSPS) is 11.7. The Morgan fingerprint density at radius 3 is 1.60 bits per heavy atom. The SMILES string of the molecule is CCCCCCC(CCCCCC)CCCOC(=O)CCCCCCCN(CCCCCCCC=O)CCCCN(C)C. The van der Waals surface area contributed by atoms with E-state index in [1.807, 2.05) is 0 Å². The van der Waals surface area contributed by atoms with E-state index in [9.17, 15) is 9.59 Å². The van der Waals surface area contributed by atoms with Gasteiger partial charge in [-0.2, -0.15) is 0 Å². The number of aldehydes is 1. The first-order valence-electron chi connectivity index (χ1n) is 19.0. The van der Waals surface area contributed by atoms with Crippen molar-refractivity contribution >= 4 is 12.3 Å². The van der Waals surface area contributed by atoms with Crippen LogP contribution in [-0.2, 0) is 14.3 Å². The van der Waals surface area contributed by atoms with Crippen molar-refractivity contribution in [2.45, 2.75) is 181 Å². The Morgan fingerprint density at radius 1 is 0.581 bits per heavy atom. The molecule has 43 heavy (non-hydrogen) atoms. The number of carbonyl (C=O) groups is 2. The van der Waals surface area contributed by atoms with E-state index in [4.69, 9.17) is 4.74 Å². The molecule has 0 radical (unpaired) electrons. The molecule has 0 bridgehead atoms. The molecule has 0 aromatic rings. The fourth-order valence-electron chi connectivity index (χ4n) is 6.11. The van der Waals surface area contributed by atoms with Gasteiger partial charge < -0.3 is 19.3 Å². The van der Waals surface area contributed by atoms with Gasteiger partial charge in [-0.15, -0.1) is 0 Å². The van der Waals surface area contributed by atoms with Gasteiger partial charge in [0.1, 0.15) is 6.29 Å². The maximum atomic E-state index is 12.3. The topological polar surface area (TPSA) is 49.9 Å². The molecule has 0 aromatic heterocycles. The van der Waals surface area contributed by atoms with Crippen LogP contribution in [0.1, 0.15) is 181 Å². The third-order valence-corrected chi connectivity index (χ3v) is 8.93. The van der Waals surface area contributed by atoms with E-state index in [-0.39, 0.29) is 5.97 Å². The van der Waals surface area contributed by atoms with Gasteiger partial charge in [-0.1, -0.05) is 117 Å². The van der Waals surface area contributed by atoms with E-state index in [1.54, 1.807) is 0 Å². The molecule has 0 amide bonds. The summed E-state index contributed by atoms with van der Waals surface area (Å²) in [7, 11) is 4.31. The number of hydrogen-bond donors (Lipinski definition) is 0. The molecule has 0 aliphatic carbocycles. The third-order valence-electron chi connectivity index (χ3n) is 8.93. The molecule has 0 atom stereocenters. The lowest BCUT2D eigenvalue weighted by atomic mass is 9.91. The lowest BCUT2D eigenvalue weighted by Crippen LogP contribution is -2.28. The molecule has 0 N–H and O–H groups in total. The molecule has 0 unspecified atom stereocenters. The Bertz CT molecular complexity index is 572. The largest absolute Gasteiger partial charge is 0.466 e. The van der Waals surface area contributed by atoms with Crippen LogP contribution in [0.25, 0.3) is 0 Å². The molecule has 0 spiro atoms. The zero-order chi connectivity index (χ0) is 31.6. The average molecular weight is 609 g/mol. The fraction of sp³-hybridized carbons (Fsp3) is 0.947. The summed E-state index contributed by atoms with van der Waals surface area (Å²) >= 11 is 0. The highest BCUT2D eigenvalue weighted by Crippen LogP contribution is 2.23. The van der Waals surface area contributed by atoms with Gasteiger partial charge in [-0.25, -0.2) is 0 Å². The number of rotatable bonds is 35. The zero-order valence-corrected chi connectivity index (χ0v) is 29.7. The first-order chi connectivity index (χ1) is 21.0. The van der Waals surface area contributed by atoms with E-state index >= 15 is 0 Å². The van der Waals surface area contributed by atoms with E-state index in [1.165, 1.54) is 155 Å². The van der Waals surface area contributed by atoms with Crippen molar-refractivity contribution in [2.75, 3.05) is 46.9 Å². The molecule has 5 heteroatoms. The van der Waals surface area contributed by atoms with Crippen molar-refractivity contribution < 1.29 is 14.3 Å². The predicted octanol–water partition coefficient (Wildman–Crippen LogP) is 10.4. The lowest BCUT2D eigenvalue weighted by molar-refractivity contribution is -0.144. The smallest absolute Gasteiger partial charge is 0.305 e. The summed E-state index contributed by atoms with van der Waals surface area (Å²) in [6, 6.07) is 0. The summed E-state index contributed by atoms with van der Waals surface area (Å²) < 4.78 is 5.61. The highest BCUT2D eigenvalue weighted by molar-refractivity contribution is 5.69. The van der Waals surface area contributed by atoms with Crippen LogP contribution in [0.15, 0.2) is 0 Å². The van der Waals surface area contributed by atoms with Crippen LogP contribution >= 0.6 is 0 Å². The number of esters is 1. The molecular formula is C38H76N2O3. The van der Waals surface area contributed by atoms with E-state index in [2.05, 4.69) is 37.7 Å². The maximum absolute atomic E-state index is 12.3. The van der Waals surface area contributed by atoms with Crippen molar-refractivity contribution in [1.29, 1.82) is 0 Å². The number of nitrogens with zero attached hydrogens (tertiary/aromatic N) is 2. The Kier molecular flexibility index (Phi) is 33.2. The van der Waals surface area contributed by atoms with Crippen LogP contribution in [0.3, 0.4) is 0 Å². The summed E-state index contributed by atoms with van der Waals surface area (Å²) in [6.07, 6.45) is 32.6. The molecule has 0 fully saturated rings. The Hall–Kier alpha value is -0.940. The molecule has 0 heterocycles. The maximum Gasteiger partial charge on any atom is 0.305 e. The van der Waals surface area contributed by atoms with Crippen molar-refractivity contribution in [1.82, 2.24) is 9.80 Å². The minimum atomic E-state index is 0.0116. The van der Waals surface area contributed by atoms with E-state index in [0.717, 1.165) is 44.3 Å². The second kappa shape index (κ2) is 33.9. The van der Waals surface area contributed by atoms with Crippen LogP contribution in [-0.4, -0.2) is 68.9 Å². The van der Waals surface area contributed by atoms with Crippen LogP contribution in [0.5, 0.6) is 0 Å². The molecule has 0 saturated carbocycles. The van der Waals surface area contributed by atoms with Gasteiger partial charge in [0.05, 0.1) is 6.61 Å². The van der Waals surface area contributed by atoms with Gasteiger partial charge in [0.15, 0.2) is 0 Å². The van der Waals surface area contributed by atoms with Gasteiger partial charge in [0, 0.05) is 12.8 Å². The number of hydrogen-bond acceptors (Lipinski definition) is 5. The fourth-order valence-corrected chi connectivity index (χ4v) is 6.11. The van der Waals surface area contributed by atoms with Gasteiger partial charge in [0.2, 0.25) is 0 Å². The molecular weight excluding hydrogens is 532 g/mol. The standard InChI is InChI=1S/C38H76N2O3/c1-5-7-9-18-27-37(28-19-10-8-6-2)29-26-36-43-38(42)30-20-14-13-16-22-33-40(34-24-23-31-39(3)4)32-21-15-11-12-17-25-35-41/h35,37H,5-34,36H2,1-4H3. The van der Waals surface area contributed by atoms with Gasteiger partial charge in [-0.05, 0) is 97.6 Å². The van der Waals surface area contributed by atoms with Crippen LogP contribution in [0, 0.1) is 5.92 Å². The predicted molar refractivity (Wildman–Crippen MR) is 187 cm³/mol. The van der Waals surface area contributed by atoms with Crippen LogP contribution < -0.4 is 0 Å².